The van der Waals surface area contributed by atoms with Crippen LogP contribution >= 0.6 is 0 Å². The average Bonchev–Trinajstić information content (AvgIpc) is 2.52. The third-order valence-electron chi connectivity index (χ3n) is 3.55. The van der Waals surface area contributed by atoms with Crippen LogP contribution in [0.15, 0.2) is 0 Å². The molecule has 2 N–H and O–H groups in total. The number of alkyl halides is 3. The first-order valence-electron chi connectivity index (χ1n) is 6.31. The minimum Gasteiger partial charge on any atom is -0.354 e. The summed E-state index contributed by atoms with van der Waals surface area (Å²) < 4.78 is 39.1. The molecule has 0 aromatic carbocycles. The van der Waals surface area contributed by atoms with E-state index in [2.05, 4.69) is 10.6 Å². The van der Waals surface area contributed by atoms with E-state index in [1.165, 1.54) is 4.90 Å². The van der Waals surface area contributed by atoms with Crippen LogP contribution < -0.4 is 10.6 Å². The molecule has 18 heavy (non-hydrogen) atoms. The fourth-order valence-corrected chi connectivity index (χ4v) is 2.60. The van der Waals surface area contributed by atoms with Crippen LogP contribution in [0.25, 0.3) is 0 Å². The normalized spacial score (nSPS) is 31.8. The number of nitrogens with one attached hydrogen (secondary N) is 2. The second-order valence-electron chi connectivity index (χ2n) is 4.82. The van der Waals surface area contributed by atoms with E-state index >= 15 is 0 Å². The summed E-state index contributed by atoms with van der Waals surface area (Å²) in [6.07, 6.45) is -1.81. The topological polar surface area (TPSA) is 44.4 Å². The lowest BCUT2D eigenvalue weighted by atomic mass is 10.1. The highest BCUT2D eigenvalue weighted by atomic mass is 19.4. The highest BCUT2D eigenvalue weighted by Crippen LogP contribution is 2.28. The number of hydrogen-bond acceptors (Lipinski definition) is 3. The van der Waals surface area contributed by atoms with Crippen molar-refractivity contribution in [3.63, 3.8) is 0 Å². The highest BCUT2D eigenvalue weighted by Gasteiger charge is 2.46. The molecule has 0 spiro atoms. The van der Waals surface area contributed by atoms with Gasteiger partial charge in [-0.05, 0) is 25.8 Å². The maximum absolute atomic E-state index is 13.0. The lowest BCUT2D eigenvalue weighted by Crippen LogP contribution is -2.58. The van der Waals surface area contributed by atoms with Gasteiger partial charge in [0.15, 0.2) is 0 Å². The van der Waals surface area contributed by atoms with Gasteiger partial charge in [0.2, 0.25) is 5.91 Å². The van der Waals surface area contributed by atoms with Gasteiger partial charge < -0.3 is 10.6 Å². The van der Waals surface area contributed by atoms with Gasteiger partial charge in [-0.1, -0.05) is 0 Å². The molecule has 0 aromatic rings. The molecule has 0 aliphatic carbocycles. The molecule has 2 rings (SSSR count). The molecule has 1 amide bonds. The standard InChI is InChI=1S/C11H18F3N3O/c12-11(13,14)8-7-16-10(18)4-6-17(8)9-3-1-2-5-15-9/h8-9,15H,1-7H2,(H,16,18). The minimum absolute atomic E-state index is 0.130. The Morgan fingerprint density at radius 3 is 2.67 bits per heavy atom. The Morgan fingerprint density at radius 1 is 1.28 bits per heavy atom. The van der Waals surface area contributed by atoms with E-state index in [9.17, 15) is 18.0 Å². The second kappa shape index (κ2) is 5.44. The number of halogens is 3. The van der Waals surface area contributed by atoms with E-state index < -0.39 is 12.2 Å². The van der Waals surface area contributed by atoms with Gasteiger partial charge in [-0.2, -0.15) is 13.2 Å². The second-order valence-corrected chi connectivity index (χ2v) is 4.82. The maximum Gasteiger partial charge on any atom is 0.405 e. The van der Waals surface area contributed by atoms with Gasteiger partial charge in [0.25, 0.3) is 0 Å². The minimum atomic E-state index is -4.31. The average molecular weight is 265 g/mol. The fraction of sp³-hybridized carbons (Fsp3) is 0.909. The van der Waals surface area contributed by atoms with Crippen molar-refractivity contribution in [3.8, 4) is 0 Å². The smallest absolute Gasteiger partial charge is 0.354 e. The third kappa shape index (κ3) is 3.14. The van der Waals surface area contributed by atoms with E-state index in [-0.39, 0.29) is 31.6 Å². The molecule has 0 bridgehead atoms. The van der Waals surface area contributed by atoms with Gasteiger partial charge in [-0.25, -0.2) is 0 Å². The van der Waals surface area contributed by atoms with Crippen molar-refractivity contribution in [2.45, 2.75) is 44.1 Å². The molecule has 0 saturated carbocycles. The molecule has 7 heteroatoms. The molecular weight excluding hydrogens is 247 g/mol. The number of piperidine rings is 1. The van der Waals surface area contributed by atoms with Crippen molar-refractivity contribution in [2.24, 2.45) is 0 Å². The highest BCUT2D eigenvalue weighted by molar-refractivity contribution is 5.76. The number of carbonyl (C=O) groups excluding carboxylic acids is 1. The lowest BCUT2D eigenvalue weighted by molar-refractivity contribution is -0.189. The summed E-state index contributed by atoms with van der Waals surface area (Å²) in [5.41, 5.74) is 0. The first-order chi connectivity index (χ1) is 8.48. The molecule has 2 fully saturated rings. The van der Waals surface area contributed by atoms with Crippen LogP contribution in [0.2, 0.25) is 0 Å². The van der Waals surface area contributed by atoms with Crippen LogP contribution in [-0.2, 0) is 4.79 Å². The number of carbonyl (C=O) groups is 1. The van der Waals surface area contributed by atoms with Crippen LogP contribution in [0, 0.1) is 0 Å². The molecule has 2 aliphatic heterocycles. The van der Waals surface area contributed by atoms with Gasteiger partial charge in [0.1, 0.15) is 6.04 Å². The van der Waals surface area contributed by atoms with Crippen LogP contribution in [0.4, 0.5) is 13.2 Å². The van der Waals surface area contributed by atoms with Crippen LogP contribution in [0.1, 0.15) is 25.7 Å². The Hall–Kier alpha value is -0.820. The Balaban J connectivity index is 2.12. The van der Waals surface area contributed by atoms with Crippen molar-refractivity contribution in [1.29, 1.82) is 0 Å². The van der Waals surface area contributed by atoms with E-state index in [4.69, 9.17) is 0 Å². The zero-order valence-electron chi connectivity index (χ0n) is 10.1. The predicted molar refractivity (Wildman–Crippen MR) is 59.8 cm³/mol. The summed E-state index contributed by atoms with van der Waals surface area (Å²) in [7, 11) is 0. The Morgan fingerprint density at radius 2 is 2.06 bits per heavy atom. The van der Waals surface area contributed by atoms with Crippen LogP contribution in [0.3, 0.4) is 0 Å². The van der Waals surface area contributed by atoms with Crippen molar-refractivity contribution in [2.75, 3.05) is 19.6 Å². The van der Waals surface area contributed by atoms with Gasteiger partial charge in [0, 0.05) is 19.5 Å². The van der Waals surface area contributed by atoms with Crippen LogP contribution in [0.5, 0.6) is 0 Å². The molecule has 2 heterocycles. The zero-order valence-corrected chi connectivity index (χ0v) is 10.1. The van der Waals surface area contributed by atoms with Crippen molar-refractivity contribution in [3.05, 3.63) is 0 Å². The summed E-state index contributed by atoms with van der Waals surface area (Å²) in [6.45, 7) is 0.557. The van der Waals surface area contributed by atoms with E-state index in [0.717, 1.165) is 19.4 Å². The van der Waals surface area contributed by atoms with E-state index in [0.29, 0.717) is 6.42 Å². The molecular formula is C11H18F3N3O. The van der Waals surface area contributed by atoms with Crippen LogP contribution in [-0.4, -0.2) is 48.8 Å². The monoisotopic (exact) mass is 265 g/mol. The van der Waals surface area contributed by atoms with Gasteiger partial charge >= 0.3 is 6.18 Å². The molecule has 2 saturated heterocycles. The molecule has 0 aromatic heterocycles. The molecule has 2 aliphatic rings. The predicted octanol–water partition coefficient (Wildman–Crippen LogP) is 0.839. The molecule has 2 atom stereocenters. The summed E-state index contributed by atoms with van der Waals surface area (Å²) in [5, 5.41) is 5.46. The molecule has 2 unspecified atom stereocenters. The fourth-order valence-electron chi connectivity index (χ4n) is 2.60. The quantitative estimate of drug-likeness (QED) is 0.738. The zero-order chi connectivity index (χ0) is 13.2. The summed E-state index contributed by atoms with van der Waals surface area (Å²) in [6, 6.07) is -1.58. The van der Waals surface area contributed by atoms with E-state index in [1.54, 1.807) is 0 Å². The Bertz CT molecular complexity index is 302. The number of hydrogen-bond donors (Lipinski definition) is 2. The molecule has 104 valence electrons. The van der Waals surface area contributed by atoms with Gasteiger partial charge in [-0.15, -0.1) is 0 Å². The summed E-state index contributed by atoms with van der Waals surface area (Å²) in [5.74, 6) is -0.303. The largest absolute Gasteiger partial charge is 0.405 e. The lowest BCUT2D eigenvalue weighted by Gasteiger charge is -2.39. The maximum atomic E-state index is 13.0. The van der Waals surface area contributed by atoms with Crippen molar-refractivity contribution >= 4 is 5.91 Å². The Kier molecular flexibility index (Phi) is 4.11. The number of rotatable bonds is 1. The Labute approximate surface area is 104 Å². The number of amides is 1. The van der Waals surface area contributed by atoms with E-state index in [1.807, 2.05) is 0 Å². The van der Waals surface area contributed by atoms with Gasteiger partial charge in [0.05, 0.1) is 6.17 Å². The first-order valence-corrected chi connectivity index (χ1v) is 6.31. The van der Waals surface area contributed by atoms with Crippen molar-refractivity contribution < 1.29 is 18.0 Å². The molecule has 4 nitrogen and oxygen atoms in total. The SMILES string of the molecule is O=C1CCN(C2CCCCN2)C(C(F)(F)F)CN1. The van der Waals surface area contributed by atoms with Gasteiger partial charge in [-0.3, -0.25) is 9.69 Å². The molecule has 0 radical (unpaired) electrons. The third-order valence-corrected chi connectivity index (χ3v) is 3.55. The first kappa shape index (κ1) is 13.6. The summed E-state index contributed by atoms with van der Waals surface area (Å²) >= 11 is 0. The summed E-state index contributed by atoms with van der Waals surface area (Å²) in [4.78, 5) is 12.7. The number of nitrogens with zero attached hydrogens (tertiary/aromatic N) is 1. The van der Waals surface area contributed by atoms with Crippen molar-refractivity contribution in [1.82, 2.24) is 15.5 Å².